The maximum Gasteiger partial charge on any atom is 0.123 e. The molecule has 1 heterocycles. The van der Waals surface area contributed by atoms with Crippen LogP contribution in [0.2, 0.25) is 0 Å². The van der Waals surface area contributed by atoms with Gasteiger partial charge in [0.15, 0.2) is 0 Å². The van der Waals surface area contributed by atoms with E-state index in [1.807, 2.05) is 24.7 Å². The molecule has 0 fully saturated rings. The van der Waals surface area contributed by atoms with E-state index in [0.717, 1.165) is 11.3 Å². The molecule has 1 atom stereocenters. The van der Waals surface area contributed by atoms with E-state index in [9.17, 15) is 4.39 Å². The van der Waals surface area contributed by atoms with Crippen LogP contribution in [0.5, 0.6) is 0 Å². The highest BCUT2D eigenvalue weighted by Gasteiger charge is 2.15. The number of hydrogen-bond donors (Lipinski definition) is 1. The number of nitrogens with zero attached hydrogens (tertiary/aromatic N) is 2. The molecule has 0 bridgehead atoms. The van der Waals surface area contributed by atoms with E-state index >= 15 is 0 Å². The summed E-state index contributed by atoms with van der Waals surface area (Å²) in [7, 11) is 3.77. The number of halogens is 1. The predicted octanol–water partition coefficient (Wildman–Crippen LogP) is 1.87. The van der Waals surface area contributed by atoms with Gasteiger partial charge in [-0.3, -0.25) is 0 Å². The van der Waals surface area contributed by atoms with Gasteiger partial charge in [0.2, 0.25) is 0 Å². The lowest BCUT2D eigenvalue weighted by Gasteiger charge is -2.17. The Hall–Kier alpha value is -1.68. The van der Waals surface area contributed by atoms with E-state index in [1.54, 1.807) is 18.6 Å². The molecule has 0 aliphatic carbocycles. The molecule has 16 heavy (non-hydrogen) atoms. The normalized spacial score (nSPS) is 12.7. The Bertz CT molecular complexity index is 479. The summed E-state index contributed by atoms with van der Waals surface area (Å²) in [5, 5.41) is 3.16. The molecule has 84 valence electrons. The fourth-order valence-electron chi connectivity index (χ4n) is 1.82. The molecule has 4 heteroatoms. The molecule has 0 aliphatic rings. The Morgan fingerprint density at radius 3 is 2.81 bits per heavy atom. The summed E-state index contributed by atoms with van der Waals surface area (Å²) in [6.45, 7) is 0. The molecule has 3 nitrogen and oxygen atoms in total. The van der Waals surface area contributed by atoms with Gasteiger partial charge in [0.1, 0.15) is 5.82 Å². The zero-order chi connectivity index (χ0) is 11.5. The number of hydrogen-bond acceptors (Lipinski definition) is 2. The third kappa shape index (κ3) is 1.97. The van der Waals surface area contributed by atoms with Gasteiger partial charge in [-0.25, -0.2) is 9.37 Å². The average Bonchev–Trinajstić information content (AvgIpc) is 2.67. The van der Waals surface area contributed by atoms with Crippen LogP contribution in [0.4, 0.5) is 4.39 Å². The largest absolute Gasteiger partial charge is 0.336 e. The van der Waals surface area contributed by atoms with Crippen LogP contribution in [0.25, 0.3) is 0 Å². The van der Waals surface area contributed by atoms with Crippen LogP contribution in [-0.2, 0) is 7.05 Å². The third-order valence-electron chi connectivity index (χ3n) is 2.62. The highest BCUT2D eigenvalue weighted by atomic mass is 19.1. The lowest BCUT2D eigenvalue weighted by Crippen LogP contribution is -2.20. The van der Waals surface area contributed by atoms with Gasteiger partial charge in [-0.15, -0.1) is 0 Å². The second-order valence-corrected chi connectivity index (χ2v) is 3.71. The molecule has 0 saturated carbocycles. The van der Waals surface area contributed by atoms with Crippen molar-refractivity contribution in [2.75, 3.05) is 7.05 Å². The van der Waals surface area contributed by atoms with Crippen LogP contribution in [0, 0.1) is 5.82 Å². The maximum absolute atomic E-state index is 13.2. The third-order valence-corrected chi connectivity index (χ3v) is 2.62. The number of imidazole rings is 1. The predicted molar refractivity (Wildman–Crippen MR) is 60.5 cm³/mol. The maximum atomic E-state index is 13.2. The smallest absolute Gasteiger partial charge is 0.123 e. The summed E-state index contributed by atoms with van der Waals surface area (Å²) in [5.41, 5.74) is 1.90. The molecule has 0 saturated heterocycles. The van der Waals surface area contributed by atoms with E-state index in [0.29, 0.717) is 0 Å². The summed E-state index contributed by atoms with van der Waals surface area (Å²) in [4.78, 5) is 4.07. The summed E-state index contributed by atoms with van der Waals surface area (Å²) in [6, 6.07) is 6.55. The molecule has 0 radical (unpaired) electrons. The van der Waals surface area contributed by atoms with Crippen LogP contribution >= 0.6 is 0 Å². The lowest BCUT2D eigenvalue weighted by molar-refractivity contribution is 0.606. The van der Waals surface area contributed by atoms with Crippen molar-refractivity contribution in [2.45, 2.75) is 6.04 Å². The summed E-state index contributed by atoms with van der Waals surface area (Å²) < 4.78 is 15.1. The van der Waals surface area contributed by atoms with Gasteiger partial charge in [-0.05, 0) is 24.7 Å². The number of aromatic nitrogens is 2. The van der Waals surface area contributed by atoms with Crippen LogP contribution in [-0.4, -0.2) is 16.6 Å². The number of benzene rings is 1. The molecule has 0 spiro atoms. The first kappa shape index (κ1) is 10.8. The van der Waals surface area contributed by atoms with E-state index in [2.05, 4.69) is 10.3 Å². The van der Waals surface area contributed by atoms with Gasteiger partial charge >= 0.3 is 0 Å². The molecule has 2 rings (SSSR count). The Kier molecular flexibility index (Phi) is 3.01. The standard InChI is InChI=1S/C12H14FN3/c1-14-12(11-7-15-8-16(11)2)9-4-3-5-10(13)6-9/h3-8,12,14H,1-2H3. The Morgan fingerprint density at radius 1 is 1.44 bits per heavy atom. The monoisotopic (exact) mass is 219 g/mol. The molecule has 1 aromatic heterocycles. The lowest BCUT2D eigenvalue weighted by atomic mass is 10.0. The minimum absolute atomic E-state index is 0.0387. The van der Waals surface area contributed by atoms with Gasteiger partial charge in [-0.1, -0.05) is 12.1 Å². The molecule has 0 amide bonds. The van der Waals surface area contributed by atoms with Crippen molar-refractivity contribution >= 4 is 0 Å². The van der Waals surface area contributed by atoms with Crippen LogP contribution in [0.1, 0.15) is 17.3 Å². The Labute approximate surface area is 93.9 Å². The van der Waals surface area contributed by atoms with Crippen molar-refractivity contribution < 1.29 is 4.39 Å². The first-order chi connectivity index (χ1) is 7.72. The summed E-state index contributed by atoms with van der Waals surface area (Å²) in [5.74, 6) is -0.222. The van der Waals surface area contributed by atoms with Crippen molar-refractivity contribution in [3.8, 4) is 0 Å². The van der Waals surface area contributed by atoms with Crippen LogP contribution in [0.15, 0.2) is 36.8 Å². The molecular weight excluding hydrogens is 205 g/mol. The zero-order valence-corrected chi connectivity index (χ0v) is 9.31. The van der Waals surface area contributed by atoms with E-state index in [1.165, 1.54) is 12.1 Å². The van der Waals surface area contributed by atoms with Crippen molar-refractivity contribution in [1.29, 1.82) is 0 Å². The van der Waals surface area contributed by atoms with Crippen molar-refractivity contribution in [2.24, 2.45) is 7.05 Å². The van der Waals surface area contributed by atoms with Crippen molar-refractivity contribution in [3.63, 3.8) is 0 Å². The zero-order valence-electron chi connectivity index (χ0n) is 9.31. The quantitative estimate of drug-likeness (QED) is 0.854. The molecule has 2 aromatic rings. The molecule has 1 N–H and O–H groups in total. The van der Waals surface area contributed by atoms with E-state index in [-0.39, 0.29) is 11.9 Å². The first-order valence-electron chi connectivity index (χ1n) is 5.11. The number of rotatable bonds is 3. The minimum atomic E-state index is -0.222. The number of nitrogens with one attached hydrogen (secondary N) is 1. The van der Waals surface area contributed by atoms with E-state index in [4.69, 9.17) is 0 Å². The van der Waals surface area contributed by atoms with Crippen molar-refractivity contribution in [1.82, 2.24) is 14.9 Å². The van der Waals surface area contributed by atoms with Gasteiger partial charge < -0.3 is 9.88 Å². The average molecular weight is 219 g/mol. The molecule has 1 aromatic carbocycles. The molecule has 1 unspecified atom stereocenters. The number of aryl methyl sites for hydroxylation is 1. The minimum Gasteiger partial charge on any atom is -0.336 e. The second kappa shape index (κ2) is 4.45. The fraction of sp³-hybridized carbons (Fsp3) is 0.250. The Balaban J connectivity index is 2.40. The topological polar surface area (TPSA) is 29.9 Å². The van der Waals surface area contributed by atoms with E-state index < -0.39 is 0 Å². The Morgan fingerprint density at radius 2 is 2.25 bits per heavy atom. The van der Waals surface area contributed by atoms with Gasteiger partial charge in [-0.2, -0.15) is 0 Å². The van der Waals surface area contributed by atoms with Crippen molar-refractivity contribution in [3.05, 3.63) is 53.9 Å². The molecular formula is C12H14FN3. The van der Waals surface area contributed by atoms with Gasteiger partial charge in [0.05, 0.1) is 24.3 Å². The van der Waals surface area contributed by atoms with Gasteiger partial charge in [0.25, 0.3) is 0 Å². The van der Waals surface area contributed by atoms with Crippen LogP contribution in [0.3, 0.4) is 0 Å². The molecule has 0 aliphatic heterocycles. The van der Waals surface area contributed by atoms with Gasteiger partial charge in [0, 0.05) is 7.05 Å². The summed E-state index contributed by atoms with van der Waals surface area (Å²) in [6.07, 6.45) is 3.52. The summed E-state index contributed by atoms with van der Waals surface area (Å²) >= 11 is 0. The first-order valence-corrected chi connectivity index (χ1v) is 5.11. The second-order valence-electron chi connectivity index (χ2n) is 3.71. The fourth-order valence-corrected chi connectivity index (χ4v) is 1.82. The van der Waals surface area contributed by atoms with Crippen LogP contribution < -0.4 is 5.32 Å². The highest BCUT2D eigenvalue weighted by Crippen LogP contribution is 2.21. The SMILES string of the molecule is CNC(c1cccc(F)c1)c1cncn1C. The highest BCUT2D eigenvalue weighted by molar-refractivity contribution is 5.27.